The Morgan fingerprint density at radius 2 is 1.88 bits per heavy atom. The van der Waals surface area contributed by atoms with Gasteiger partial charge in [-0.1, -0.05) is 18.2 Å². The van der Waals surface area contributed by atoms with Crippen LogP contribution >= 0.6 is 0 Å². The lowest BCUT2D eigenvalue weighted by Crippen LogP contribution is -2.30. The van der Waals surface area contributed by atoms with Crippen LogP contribution in [0.2, 0.25) is 0 Å². The Morgan fingerprint density at radius 1 is 1.23 bits per heavy atom. The fourth-order valence-electron chi connectivity index (χ4n) is 2.45. The molecule has 0 heterocycles. The third-order valence-corrected chi connectivity index (χ3v) is 3.87. The van der Waals surface area contributed by atoms with E-state index in [0.29, 0.717) is 16.9 Å². The van der Waals surface area contributed by atoms with E-state index in [1.165, 1.54) is 25.3 Å². The minimum Gasteiger partial charge on any atom is -0.497 e. The molecular formula is C18H18N2O6. The van der Waals surface area contributed by atoms with Gasteiger partial charge in [-0.05, 0) is 30.7 Å². The summed E-state index contributed by atoms with van der Waals surface area (Å²) in [6.07, 6.45) is -0.327. The second-order valence-electron chi connectivity index (χ2n) is 5.66. The zero-order valence-corrected chi connectivity index (χ0v) is 14.3. The van der Waals surface area contributed by atoms with Crippen LogP contribution in [0.25, 0.3) is 0 Å². The first-order chi connectivity index (χ1) is 12.3. The van der Waals surface area contributed by atoms with Gasteiger partial charge < -0.3 is 15.2 Å². The van der Waals surface area contributed by atoms with E-state index in [9.17, 15) is 19.7 Å². The van der Waals surface area contributed by atoms with Crippen molar-refractivity contribution in [3.63, 3.8) is 0 Å². The van der Waals surface area contributed by atoms with Crippen molar-refractivity contribution in [1.82, 2.24) is 5.32 Å². The number of nitrogens with zero attached hydrogens (tertiary/aromatic N) is 1. The van der Waals surface area contributed by atoms with E-state index < -0.39 is 22.8 Å². The molecule has 8 nitrogen and oxygen atoms in total. The summed E-state index contributed by atoms with van der Waals surface area (Å²) in [5, 5.41) is 22.8. The number of nitro benzene ring substituents is 1. The average Bonchev–Trinajstić information content (AvgIpc) is 2.61. The molecule has 2 rings (SSSR count). The first-order valence-electron chi connectivity index (χ1n) is 7.73. The molecule has 0 unspecified atom stereocenters. The van der Waals surface area contributed by atoms with Crippen molar-refractivity contribution in [1.29, 1.82) is 0 Å². The lowest BCUT2D eigenvalue weighted by atomic mass is 10.0. The van der Waals surface area contributed by atoms with Crippen molar-refractivity contribution in [2.24, 2.45) is 0 Å². The number of carboxylic acid groups (broad SMARTS) is 1. The van der Waals surface area contributed by atoms with Gasteiger partial charge in [0.15, 0.2) is 0 Å². The maximum absolute atomic E-state index is 12.5. The highest BCUT2D eigenvalue weighted by Gasteiger charge is 2.21. The zero-order chi connectivity index (χ0) is 19.3. The van der Waals surface area contributed by atoms with E-state index in [-0.39, 0.29) is 17.7 Å². The summed E-state index contributed by atoms with van der Waals surface area (Å²) in [7, 11) is 1.51. The number of hydrogen-bond acceptors (Lipinski definition) is 5. The first kappa shape index (κ1) is 18.9. The van der Waals surface area contributed by atoms with Gasteiger partial charge in [-0.2, -0.15) is 0 Å². The Labute approximate surface area is 149 Å². The second-order valence-corrected chi connectivity index (χ2v) is 5.66. The fourth-order valence-corrected chi connectivity index (χ4v) is 2.45. The summed E-state index contributed by atoms with van der Waals surface area (Å²) < 4.78 is 5.06. The Balaban J connectivity index is 2.27. The summed E-state index contributed by atoms with van der Waals surface area (Å²) in [5.74, 6) is -1.07. The van der Waals surface area contributed by atoms with Gasteiger partial charge in [-0.15, -0.1) is 0 Å². The molecule has 0 aliphatic rings. The van der Waals surface area contributed by atoms with Gasteiger partial charge in [0.25, 0.3) is 11.6 Å². The molecule has 0 radical (unpaired) electrons. The highest BCUT2D eigenvalue weighted by Crippen LogP contribution is 2.23. The van der Waals surface area contributed by atoms with Crippen molar-refractivity contribution in [3.05, 3.63) is 69.3 Å². The summed E-state index contributed by atoms with van der Waals surface area (Å²) in [6, 6.07) is 9.97. The number of nitro groups is 1. The number of carbonyl (C=O) groups is 2. The summed E-state index contributed by atoms with van der Waals surface area (Å²) in [6.45, 7) is 1.57. The highest BCUT2D eigenvalue weighted by atomic mass is 16.6. The Hall–Kier alpha value is -3.42. The molecular weight excluding hydrogens is 340 g/mol. The lowest BCUT2D eigenvalue weighted by molar-refractivity contribution is -0.385. The molecule has 0 saturated carbocycles. The largest absolute Gasteiger partial charge is 0.497 e. The molecule has 0 fully saturated rings. The highest BCUT2D eigenvalue weighted by molar-refractivity contribution is 5.95. The number of benzene rings is 2. The van der Waals surface area contributed by atoms with E-state index in [1.54, 1.807) is 31.2 Å². The summed E-state index contributed by atoms with van der Waals surface area (Å²) in [4.78, 5) is 34.1. The van der Waals surface area contributed by atoms with Gasteiger partial charge in [0.1, 0.15) is 5.75 Å². The van der Waals surface area contributed by atoms with Crippen LogP contribution in [0.5, 0.6) is 5.75 Å². The number of carbonyl (C=O) groups excluding carboxylic acids is 1. The number of methoxy groups -OCH3 is 1. The van der Waals surface area contributed by atoms with Gasteiger partial charge in [-0.25, -0.2) is 0 Å². The van der Waals surface area contributed by atoms with Crippen molar-refractivity contribution in [2.75, 3.05) is 7.11 Å². The maximum Gasteiger partial charge on any atom is 0.305 e. The van der Waals surface area contributed by atoms with Gasteiger partial charge >= 0.3 is 5.97 Å². The average molecular weight is 358 g/mol. The van der Waals surface area contributed by atoms with E-state index in [4.69, 9.17) is 9.84 Å². The maximum atomic E-state index is 12.5. The molecule has 2 N–H and O–H groups in total. The smallest absolute Gasteiger partial charge is 0.305 e. The first-order valence-corrected chi connectivity index (χ1v) is 7.73. The van der Waals surface area contributed by atoms with Crippen molar-refractivity contribution < 1.29 is 24.4 Å². The number of aryl methyl sites for hydroxylation is 1. The number of aliphatic carboxylic acids is 1. The molecule has 1 amide bonds. The third-order valence-electron chi connectivity index (χ3n) is 3.87. The van der Waals surface area contributed by atoms with Crippen LogP contribution in [0.15, 0.2) is 42.5 Å². The minimum atomic E-state index is -1.08. The predicted octanol–water partition coefficient (Wildman–Crippen LogP) is 2.86. The van der Waals surface area contributed by atoms with Crippen molar-refractivity contribution in [3.8, 4) is 5.75 Å². The number of amides is 1. The molecule has 136 valence electrons. The summed E-state index contributed by atoms with van der Waals surface area (Å²) in [5.41, 5.74) is 0.940. The number of rotatable bonds is 7. The van der Waals surface area contributed by atoms with Crippen LogP contribution in [0.4, 0.5) is 5.69 Å². The molecule has 2 aromatic carbocycles. The fraction of sp³-hybridized carbons (Fsp3) is 0.222. The van der Waals surface area contributed by atoms with E-state index in [2.05, 4.69) is 5.32 Å². The molecule has 0 aliphatic carbocycles. The Kier molecular flexibility index (Phi) is 5.90. The van der Waals surface area contributed by atoms with Crippen LogP contribution in [0.1, 0.15) is 33.9 Å². The van der Waals surface area contributed by atoms with Gasteiger partial charge in [0, 0.05) is 17.2 Å². The predicted molar refractivity (Wildman–Crippen MR) is 93.3 cm³/mol. The SMILES string of the molecule is COc1ccc([C@H](CC(=O)O)NC(=O)c2ccc(C)c([N+](=O)[O-])c2)cc1. The van der Waals surface area contributed by atoms with Crippen LogP contribution in [-0.2, 0) is 4.79 Å². The number of ether oxygens (including phenoxy) is 1. The number of hydrogen-bond donors (Lipinski definition) is 2. The Bertz CT molecular complexity index is 832. The normalized spacial score (nSPS) is 11.5. The van der Waals surface area contributed by atoms with Crippen LogP contribution in [0, 0.1) is 17.0 Å². The van der Waals surface area contributed by atoms with Gasteiger partial charge in [0.05, 0.1) is 24.5 Å². The van der Waals surface area contributed by atoms with Crippen LogP contribution in [0.3, 0.4) is 0 Å². The van der Waals surface area contributed by atoms with E-state index in [0.717, 1.165) is 0 Å². The number of carboxylic acids is 1. The zero-order valence-electron chi connectivity index (χ0n) is 14.3. The molecule has 0 saturated heterocycles. The molecule has 26 heavy (non-hydrogen) atoms. The quantitative estimate of drug-likeness (QED) is 0.580. The third kappa shape index (κ3) is 4.56. The second kappa shape index (κ2) is 8.11. The van der Waals surface area contributed by atoms with Crippen molar-refractivity contribution >= 4 is 17.6 Å². The molecule has 0 aliphatic heterocycles. The summed E-state index contributed by atoms with van der Waals surface area (Å²) >= 11 is 0. The van der Waals surface area contributed by atoms with E-state index >= 15 is 0 Å². The lowest BCUT2D eigenvalue weighted by Gasteiger charge is -2.18. The molecule has 8 heteroatoms. The Morgan fingerprint density at radius 3 is 2.42 bits per heavy atom. The monoisotopic (exact) mass is 358 g/mol. The minimum absolute atomic E-state index is 0.0891. The van der Waals surface area contributed by atoms with Crippen molar-refractivity contribution in [2.45, 2.75) is 19.4 Å². The van der Waals surface area contributed by atoms with E-state index in [1.807, 2.05) is 0 Å². The molecule has 0 bridgehead atoms. The number of nitrogens with one attached hydrogen (secondary N) is 1. The van der Waals surface area contributed by atoms with Crippen LogP contribution < -0.4 is 10.1 Å². The molecule has 0 aromatic heterocycles. The topological polar surface area (TPSA) is 119 Å². The van der Waals surface area contributed by atoms with Gasteiger partial charge in [0.2, 0.25) is 0 Å². The van der Waals surface area contributed by atoms with Gasteiger partial charge in [-0.3, -0.25) is 19.7 Å². The standard InChI is InChI=1S/C18H18N2O6/c1-11-3-4-13(9-16(11)20(24)25)18(23)19-15(10-17(21)22)12-5-7-14(26-2)8-6-12/h3-9,15H,10H2,1-2H3,(H,19,23)(H,21,22)/t15-/m0/s1. The molecule has 2 aromatic rings. The molecule has 1 atom stereocenters. The van der Waals surface area contributed by atoms with Crippen LogP contribution in [-0.4, -0.2) is 29.0 Å². The molecule has 0 spiro atoms.